The van der Waals surface area contributed by atoms with Gasteiger partial charge in [-0.1, -0.05) is 35.0 Å². The summed E-state index contributed by atoms with van der Waals surface area (Å²) in [6, 6.07) is 10.5. The van der Waals surface area contributed by atoms with Gasteiger partial charge in [-0.2, -0.15) is 0 Å². The van der Waals surface area contributed by atoms with E-state index in [1.807, 2.05) is 6.07 Å². The average Bonchev–Trinajstić information content (AvgIpc) is 2.78. The van der Waals surface area contributed by atoms with Gasteiger partial charge in [0.2, 0.25) is 0 Å². The van der Waals surface area contributed by atoms with E-state index in [2.05, 4.69) is 68.4 Å². The number of halogens is 2. The smallest absolute Gasteiger partial charge is 0.135 e. The number of furan rings is 1. The summed E-state index contributed by atoms with van der Waals surface area (Å²) in [6.07, 6.45) is 2.62. The molecule has 18 heavy (non-hydrogen) atoms. The molecule has 2 nitrogen and oxygen atoms in total. The lowest BCUT2D eigenvalue weighted by molar-refractivity contribution is 0.414. The van der Waals surface area contributed by atoms with E-state index in [4.69, 9.17) is 4.42 Å². The molecule has 1 N–H and O–H groups in total. The summed E-state index contributed by atoms with van der Waals surface area (Å²) in [6.45, 7) is 3.01. The standard InChI is InChI=1S/C14H15Br2NO/c1-2-17-13(14-12(16)7-8-18-14)9-10-3-5-11(15)6-4-10/h3-8,13,17H,2,9H2,1H3. The third kappa shape index (κ3) is 3.46. The second kappa shape index (κ2) is 6.55. The summed E-state index contributed by atoms with van der Waals surface area (Å²) in [5.41, 5.74) is 1.28. The first-order valence-corrected chi connectivity index (χ1v) is 7.50. The Morgan fingerprint density at radius 2 is 1.89 bits per heavy atom. The predicted molar refractivity (Wildman–Crippen MR) is 80.7 cm³/mol. The molecule has 0 amide bonds. The Kier molecular flexibility index (Phi) is 5.03. The topological polar surface area (TPSA) is 25.2 Å². The van der Waals surface area contributed by atoms with E-state index in [-0.39, 0.29) is 6.04 Å². The van der Waals surface area contributed by atoms with Crippen LogP contribution in [0.5, 0.6) is 0 Å². The molecule has 0 saturated carbocycles. The number of nitrogens with one attached hydrogen (secondary N) is 1. The minimum atomic E-state index is 0.195. The largest absolute Gasteiger partial charge is 0.466 e. The Morgan fingerprint density at radius 1 is 1.17 bits per heavy atom. The van der Waals surface area contributed by atoms with Gasteiger partial charge in [0.25, 0.3) is 0 Å². The van der Waals surface area contributed by atoms with Crippen LogP contribution in [0.25, 0.3) is 0 Å². The fraction of sp³-hybridized carbons (Fsp3) is 0.286. The Labute approximate surface area is 124 Å². The molecule has 1 aromatic carbocycles. The number of likely N-dealkylation sites (N-methyl/N-ethyl adjacent to an activating group) is 1. The zero-order valence-electron chi connectivity index (χ0n) is 10.1. The van der Waals surface area contributed by atoms with Crippen molar-refractivity contribution in [3.63, 3.8) is 0 Å². The number of hydrogen-bond acceptors (Lipinski definition) is 2. The van der Waals surface area contributed by atoms with E-state index in [1.54, 1.807) is 6.26 Å². The zero-order chi connectivity index (χ0) is 13.0. The van der Waals surface area contributed by atoms with Crippen molar-refractivity contribution in [2.24, 2.45) is 0 Å². The third-order valence-electron chi connectivity index (χ3n) is 2.76. The molecule has 0 aliphatic carbocycles. The van der Waals surface area contributed by atoms with Crippen molar-refractivity contribution in [3.05, 3.63) is 56.9 Å². The Bertz CT molecular complexity index is 493. The monoisotopic (exact) mass is 371 g/mol. The van der Waals surface area contributed by atoms with E-state index in [0.717, 1.165) is 27.7 Å². The maximum atomic E-state index is 5.56. The van der Waals surface area contributed by atoms with Crippen molar-refractivity contribution in [1.29, 1.82) is 0 Å². The molecule has 2 aromatic rings. The average molecular weight is 373 g/mol. The van der Waals surface area contributed by atoms with Crippen LogP contribution in [0.2, 0.25) is 0 Å². The lowest BCUT2D eigenvalue weighted by atomic mass is 10.0. The van der Waals surface area contributed by atoms with Crippen LogP contribution in [0.1, 0.15) is 24.3 Å². The Balaban J connectivity index is 2.16. The van der Waals surface area contributed by atoms with E-state index in [9.17, 15) is 0 Å². The highest BCUT2D eigenvalue weighted by Gasteiger charge is 2.17. The summed E-state index contributed by atoms with van der Waals surface area (Å²) in [4.78, 5) is 0. The van der Waals surface area contributed by atoms with Crippen molar-refractivity contribution in [1.82, 2.24) is 5.32 Å². The maximum absolute atomic E-state index is 5.56. The molecule has 1 unspecified atom stereocenters. The number of benzene rings is 1. The minimum Gasteiger partial charge on any atom is -0.466 e. The first kappa shape index (κ1) is 13.8. The third-order valence-corrected chi connectivity index (χ3v) is 3.95. The van der Waals surface area contributed by atoms with Gasteiger partial charge in [0, 0.05) is 4.47 Å². The highest BCUT2D eigenvalue weighted by molar-refractivity contribution is 9.10. The second-order valence-corrected chi connectivity index (χ2v) is 5.84. The molecule has 4 heteroatoms. The fourth-order valence-electron chi connectivity index (χ4n) is 1.91. The number of rotatable bonds is 5. The molecule has 1 aromatic heterocycles. The van der Waals surface area contributed by atoms with Gasteiger partial charge in [-0.25, -0.2) is 0 Å². The summed E-state index contributed by atoms with van der Waals surface area (Å²) < 4.78 is 7.68. The lowest BCUT2D eigenvalue weighted by Crippen LogP contribution is -2.22. The van der Waals surface area contributed by atoms with Gasteiger partial charge in [0.1, 0.15) is 5.76 Å². The second-order valence-electron chi connectivity index (χ2n) is 4.07. The van der Waals surface area contributed by atoms with Gasteiger partial charge in [-0.05, 0) is 52.7 Å². The fourth-order valence-corrected chi connectivity index (χ4v) is 2.66. The molecule has 1 atom stereocenters. The minimum absolute atomic E-state index is 0.195. The Morgan fingerprint density at radius 3 is 2.44 bits per heavy atom. The van der Waals surface area contributed by atoms with Gasteiger partial charge < -0.3 is 9.73 Å². The van der Waals surface area contributed by atoms with Crippen molar-refractivity contribution < 1.29 is 4.42 Å². The van der Waals surface area contributed by atoms with Crippen molar-refractivity contribution in [3.8, 4) is 0 Å². The highest BCUT2D eigenvalue weighted by atomic mass is 79.9. The molecule has 96 valence electrons. The van der Waals surface area contributed by atoms with Crippen LogP contribution in [-0.2, 0) is 6.42 Å². The molecule has 0 fully saturated rings. The quantitative estimate of drug-likeness (QED) is 0.822. The van der Waals surface area contributed by atoms with Crippen LogP contribution < -0.4 is 5.32 Å². The summed E-state index contributed by atoms with van der Waals surface area (Å²) in [7, 11) is 0. The first-order chi connectivity index (χ1) is 8.70. The summed E-state index contributed by atoms with van der Waals surface area (Å²) >= 11 is 6.97. The van der Waals surface area contributed by atoms with E-state index < -0.39 is 0 Å². The van der Waals surface area contributed by atoms with Crippen LogP contribution >= 0.6 is 31.9 Å². The van der Waals surface area contributed by atoms with Gasteiger partial charge in [0.15, 0.2) is 0 Å². The van der Waals surface area contributed by atoms with Gasteiger partial charge in [0.05, 0.1) is 16.8 Å². The molecule has 0 bridgehead atoms. The van der Waals surface area contributed by atoms with Crippen LogP contribution in [0.15, 0.2) is 50.0 Å². The van der Waals surface area contributed by atoms with Crippen molar-refractivity contribution in [2.45, 2.75) is 19.4 Å². The van der Waals surface area contributed by atoms with E-state index >= 15 is 0 Å². The van der Waals surface area contributed by atoms with Crippen LogP contribution in [-0.4, -0.2) is 6.54 Å². The zero-order valence-corrected chi connectivity index (χ0v) is 13.3. The molecule has 1 heterocycles. The molecule has 0 spiro atoms. The number of hydrogen-bond donors (Lipinski definition) is 1. The summed E-state index contributed by atoms with van der Waals surface area (Å²) in [5.74, 6) is 0.958. The molecule has 0 aliphatic rings. The molecule has 0 radical (unpaired) electrons. The highest BCUT2D eigenvalue weighted by Crippen LogP contribution is 2.27. The van der Waals surface area contributed by atoms with E-state index in [1.165, 1.54) is 5.56 Å². The summed E-state index contributed by atoms with van der Waals surface area (Å²) in [5, 5.41) is 3.45. The maximum Gasteiger partial charge on any atom is 0.135 e. The SMILES string of the molecule is CCNC(Cc1ccc(Br)cc1)c1occc1Br. The van der Waals surface area contributed by atoms with Gasteiger partial charge in [-0.3, -0.25) is 0 Å². The Hall–Kier alpha value is -0.580. The van der Waals surface area contributed by atoms with Crippen molar-refractivity contribution >= 4 is 31.9 Å². The van der Waals surface area contributed by atoms with Crippen LogP contribution in [0, 0.1) is 0 Å². The molecule has 0 saturated heterocycles. The molecular weight excluding hydrogens is 358 g/mol. The lowest BCUT2D eigenvalue weighted by Gasteiger charge is -2.16. The normalized spacial score (nSPS) is 12.6. The van der Waals surface area contributed by atoms with Crippen molar-refractivity contribution in [2.75, 3.05) is 6.54 Å². The van der Waals surface area contributed by atoms with Gasteiger partial charge in [-0.15, -0.1) is 0 Å². The van der Waals surface area contributed by atoms with Gasteiger partial charge >= 0.3 is 0 Å². The van der Waals surface area contributed by atoms with Crippen LogP contribution in [0.4, 0.5) is 0 Å². The van der Waals surface area contributed by atoms with E-state index in [0.29, 0.717) is 0 Å². The first-order valence-electron chi connectivity index (χ1n) is 5.91. The molecule has 2 rings (SSSR count). The molecular formula is C14H15Br2NO. The predicted octanol–water partition coefficient (Wildman–Crippen LogP) is 4.70. The van der Waals surface area contributed by atoms with Crippen LogP contribution in [0.3, 0.4) is 0 Å². The molecule has 0 aliphatic heterocycles.